The van der Waals surface area contributed by atoms with E-state index in [1.165, 1.54) is 11.0 Å². The molecule has 0 N–H and O–H groups in total. The molecule has 0 unspecified atom stereocenters. The fourth-order valence-electron chi connectivity index (χ4n) is 2.71. The predicted molar refractivity (Wildman–Crippen MR) is 79.6 cm³/mol. The number of hydrogen-bond donors (Lipinski definition) is 0. The molecule has 22 heavy (non-hydrogen) atoms. The minimum atomic E-state index is -0.0571. The summed E-state index contributed by atoms with van der Waals surface area (Å²) in [6, 6.07) is 3.88. The Morgan fingerprint density at radius 3 is 2.82 bits per heavy atom. The summed E-state index contributed by atoms with van der Waals surface area (Å²) < 4.78 is 8.67. The fraction of sp³-hybridized carbons (Fsp3) is 0.467. The number of carbonyl (C=O) groups excluding carboxylic acids is 1. The van der Waals surface area contributed by atoms with E-state index in [2.05, 4.69) is 14.6 Å². The highest BCUT2D eigenvalue weighted by atomic mass is 16.5. The van der Waals surface area contributed by atoms with Crippen LogP contribution in [0.25, 0.3) is 0 Å². The van der Waals surface area contributed by atoms with Crippen LogP contribution in [0.15, 0.2) is 12.4 Å². The van der Waals surface area contributed by atoms with Crippen LogP contribution < -0.4 is 0 Å². The molecule has 0 fully saturated rings. The van der Waals surface area contributed by atoms with Gasteiger partial charge in [-0.05, 0) is 26.8 Å². The zero-order valence-corrected chi connectivity index (χ0v) is 13.2. The first-order valence-corrected chi connectivity index (χ1v) is 6.98. The third kappa shape index (κ3) is 3.07. The maximum atomic E-state index is 12.5. The average Bonchev–Trinajstić information content (AvgIpc) is 3.03. The topological polar surface area (TPSA) is 85.7 Å². The number of nitrogens with zero attached hydrogens (tertiary/aromatic N) is 5. The van der Waals surface area contributed by atoms with Crippen molar-refractivity contribution in [3.63, 3.8) is 0 Å². The molecule has 2 heterocycles. The van der Waals surface area contributed by atoms with E-state index >= 15 is 0 Å². The molecule has 2 rings (SSSR count). The Labute approximate surface area is 129 Å². The summed E-state index contributed by atoms with van der Waals surface area (Å²) in [6.45, 7) is 6.60. The summed E-state index contributed by atoms with van der Waals surface area (Å²) >= 11 is 0. The van der Waals surface area contributed by atoms with E-state index in [0.29, 0.717) is 12.2 Å². The second kappa shape index (κ2) is 6.54. The molecule has 116 valence electrons. The molecule has 0 radical (unpaired) electrons. The van der Waals surface area contributed by atoms with Crippen molar-refractivity contribution in [2.45, 2.75) is 33.4 Å². The molecule has 0 saturated heterocycles. The van der Waals surface area contributed by atoms with Gasteiger partial charge in [-0.25, -0.2) is 9.67 Å². The van der Waals surface area contributed by atoms with Crippen LogP contribution in [0.5, 0.6) is 0 Å². The SMILES string of the molecule is COC[C@@H](C)n1c(C)cc(C(=O)Cn2cnc(C#N)n2)c1C. The fourth-order valence-corrected chi connectivity index (χ4v) is 2.71. The third-order valence-electron chi connectivity index (χ3n) is 3.58. The smallest absolute Gasteiger partial charge is 0.252 e. The molecule has 0 bridgehead atoms. The molecule has 0 saturated carbocycles. The van der Waals surface area contributed by atoms with E-state index < -0.39 is 0 Å². The van der Waals surface area contributed by atoms with Crippen molar-refractivity contribution in [2.75, 3.05) is 13.7 Å². The normalized spacial score (nSPS) is 12.1. The number of hydrogen-bond acceptors (Lipinski definition) is 5. The lowest BCUT2D eigenvalue weighted by molar-refractivity contribution is 0.0966. The zero-order valence-electron chi connectivity index (χ0n) is 13.2. The van der Waals surface area contributed by atoms with Crippen LogP contribution in [-0.2, 0) is 11.3 Å². The van der Waals surface area contributed by atoms with Gasteiger partial charge in [-0.1, -0.05) is 0 Å². The minimum Gasteiger partial charge on any atom is -0.383 e. The Kier molecular flexibility index (Phi) is 4.73. The highest BCUT2D eigenvalue weighted by Crippen LogP contribution is 2.21. The monoisotopic (exact) mass is 301 g/mol. The number of ether oxygens (including phenoxy) is 1. The van der Waals surface area contributed by atoms with Gasteiger partial charge in [0.1, 0.15) is 18.9 Å². The summed E-state index contributed by atoms with van der Waals surface area (Å²) in [6.07, 6.45) is 1.39. The van der Waals surface area contributed by atoms with Crippen LogP contribution in [0, 0.1) is 25.2 Å². The molecular formula is C15H19N5O2. The molecule has 7 heteroatoms. The van der Waals surface area contributed by atoms with Gasteiger partial charge in [0.15, 0.2) is 5.78 Å². The molecule has 0 aromatic carbocycles. The van der Waals surface area contributed by atoms with Crippen LogP contribution in [0.2, 0.25) is 0 Å². The Hall–Kier alpha value is -2.46. The van der Waals surface area contributed by atoms with E-state index in [1.54, 1.807) is 7.11 Å². The second-order valence-electron chi connectivity index (χ2n) is 5.26. The van der Waals surface area contributed by atoms with E-state index in [9.17, 15) is 4.79 Å². The van der Waals surface area contributed by atoms with Crippen molar-refractivity contribution < 1.29 is 9.53 Å². The number of ketones is 1. The minimum absolute atomic E-state index is 0.0571. The lowest BCUT2D eigenvalue weighted by atomic mass is 10.1. The molecule has 0 spiro atoms. The van der Waals surface area contributed by atoms with E-state index in [4.69, 9.17) is 10.00 Å². The first kappa shape index (κ1) is 15.9. The molecule has 0 aliphatic heterocycles. The molecule has 2 aromatic heterocycles. The van der Waals surface area contributed by atoms with E-state index in [1.807, 2.05) is 32.9 Å². The number of aromatic nitrogens is 4. The molecule has 7 nitrogen and oxygen atoms in total. The molecule has 0 amide bonds. The largest absolute Gasteiger partial charge is 0.383 e. The first-order valence-electron chi connectivity index (χ1n) is 6.98. The maximum Gasteiger partial charge on any atom is 0.252 e. The quantitative estimate of drug-likeness (QED) is 0.757. The van der Waals surface area contributed by atoms with Crippen molar-refractivity contribution in [3.8, 4) is 6.07 Å². The number of Topliss-reactive ketones (excluding diaryl/α,β-unsaturated/α-hetero) is 1. The Bertz CT molecular complexity index is 723. The average molecular weight is 301 g/mol. The lowest BCUT2D eigenvalue weighted by Crippen LogP contribution is -2.16. The van der Waals surface area contributed by atoms with Crippen LogP contribution in [0.1, 0.15) is 40.5 Å². The van der Waals surface area contributed by atoms with Gasteiger partial charge in [-0.15, -0.1) is 5.10 Å². The summed E-state index contributed by atoms with van der Waals surface area (Å²) in [5.41, 5.74) is 2.59. The van der Waals surface area contributed by atoms with Crippen LogP contribution in [0.4, 0.5) is 0 Å². The van der Waals surface area contributed by atoms with Crippen molar-refractivity contribution in [1.82, 2.24) is 19.3 Å². The Morgan fingerprint density at radius 2 is 2.23 bits per heavy atom. The standard InChI is InChI=1S/C15H19N5O2/c1-10-5-13(12(3)20(10)11(2)8-22-4)14(21)7-19-9-17-15(6-16)18-19/h5,9,11H,7-8H2,1-4H3/t11-/m1/s1. The van der Waals surface area contributed by atoms with Gasteiger partial charge in [-0.2, -0.15) is 5.26 Å². The van der Waals surface area contributed by atoms with Gasteiger partial charge < -0.3 is 9.30 Å². The maximum absolute atomic E-state index is 12.5. The van der Waals surface area contributed by atoms with Gasteiger partial charge >= 0.3 is 0 Å². The van der Waals surface area contributed by atoms with Gasteiger partial charge in [0.2, 0.25) is 0 Å². The molecule has 0 aliphatic carbocycles. The summed E-state index contributed by atoms with van der Waals surface area (Å²) in [4.78, 5) is 16.3. The summed E-state index contributed by atoms with van der Waals surface area (Å²) in [5.74, 6) is 0.00495. The molecular weight excluding hydrogens is 282 g/mol. The molecule has 0 aliphatic rings. The Balaban J connectivity index is 2.23. The number of carbonyl (C=O) groups is 1. The highest BCUT2D eigenvalue weighted by Gasteiger charge is 2.19. The van der Waals surface area contributed by atoms with Crippen LogP contribution >= 0.6 is 0 Å². The van der Waals surface area contributed by atoms with Gasteiger partial charge in [0, 0.05) is 24.1 Å². The third-order valence-corrected chi connectivity index (χ3v) is 3.58. The van der Waals surface area contributed by atoms with E-state index in [-0.39, 0.29) is 24.2 Å². The van der Waals surface area contributed by atoms with Crippen LogP contribution in [-0.4, -0.2) is 38.8 Å². The number of methoxy groups -OCH3 is 1. The van der Waals surface area contributed by atoms with Gasteiger partial charge in [0.05, 0.1) is 12.6 Å². The number of nitriles is 1. The van der Waals surface area contributed by atoms with Crippen molar-refractivity contribution in [1.29, 1.82) is 5.26 Å². The highest BCUT2D eigenvalue weighted by molar-refractivity contribution is 5.97. The first-order chi connectivity index (χ1) is 10.5. The van der Waals surface area contributed by atoms with Crippen molar-refractivity contribution in [2.24, 2.45) is 0 Å². The van der Waals surface area contributed by atoms with Crippen LogP contribution in [0.3, 0.4) is 0 Å². The number of aryl methyl sites for hydroxylation is 1. The summed E-state index contributed by atoms with van der Waals surface area (Å²) in [5, 5.41) is 12.6. The molecule has 2 aromatic rings. The zero-order chi connectivity index (χ0) is 16.3. The van der Waals surface area contributed by atoms with E-state index in [0.717, 1.165) is 11.4 Å². The lowest BCUT2D eigenvalue weighted by Gasteiger charge is -2.17. The summed E-state index contributed by atoms with van der Waals surface area (Å²) in [7, 11) is 1.66. The Morgan fingerprint density at radius 1 is 1.50 bits per heavy atom. The van der Waals surface area contributed by atoms with Crippen molar-refractivity contribution in [3.05, 3.63) is 35.2 Å². The second-order valence-corrected chi connectivity index (χ2v) is 5.26. The molecule has 1 atom stereocenters. The van der Waals surface area contributed by atoms with Gasteiger partial charge in [0.25, 0.3) is 5.82 Å². The number of rotatable bonds is 6. The van der Waals surface area contributed by atoms with Gasteiger partial charge in [-0.3, -0.25) is 4.79 Å². The predicted octanol–water partition coefficient (Wildman–Crippen LogP) is 1.66. The van der Waals surface area contributed by atoms with Crippen molar-refractivity contribution >= 4 is 5.78 Å².